The second-order valence-corrected chi connectivity index (χ2v) is 8.31. The van der Waals surface area contributed by atoms with Crippen LogP contribution in [0, 0.1) is 13.8 Å². The van der Waals surface area contributed by atoms with E-state index in [9.17, 15) is 8.42 Å². The average molecular weight is 389 g/mol. The molecule has 5 nitrogen and oxygen atoms in total. The predicted molar refractivity (Wildman–Crippen MR) is 112 cm³/mol. The maximum Gasteiger partial charge on any atom is 0.264 e. The summed E-state index contributed by atoms with van der Waals surface area (Å²) in [5, 5.41) is 0.781. The first-order valence-corrected chi connectivity index (χ1v) is 10.3. The topological polar surface area (TPSA) is 72.0 Å². The number of benzene rings is 2. The normalized spacial score (nSPS) is 11.5. The van der Waals surface area contributed by atoms with Gasteiger partial charge in [-0.1, -0.05) is 24.3 Å². The summed E-state index contributed by atoms with van der Waals surface area (Å²) >= 11 is 0. The number of anilines is 1. The van der Waals surface area contributed by atoms with Gasteiger partial charge in [0.1, 0.15) is 4.90 Å². The summed E-state index contributed by atoms with van der Waals surface area (Å²) in [5.41, 5.74) is 5.11. The van der Waals surface area contributed by atoms with E-state index in [1.54, 1.807) is 36.7 Å². The van der Waals surface area contributed by atoms with E-state index in [1.165, 1.54) is 0 Å². The van der Waals surface area contributed by atoms with Gasteiger partial charge in [-0.2, -0.15) is 0 Å². The maximum absolute atomic E-state index is 13.0. The monoisotopic (exact) mass is 389 g/mol. The predicted octanol–water partition coefficient (Wildman–Crippen LogP) is 4.71. The Balaban J connectivity index is 1.71. The molecule has 0 atom stereocenters. The van der Waals surface area contributed by atoms with Crippen molar-refractivity contribution < 1.29 is 8.42 Å². The molecule has 2 heterocycles. The summed E-state index contributed by atoms with van der Waals surface area (Å²) < 4.78 is 28.6. The van der Waals surface area contributed by atoms with Gasteiger partial charge in [-0.3, -0.25) is 14.7 Å². The fraction of sp³-hybridized carbons (Fsp3) is 0.0909. The van der Waals surface area contributed by atoms with Crippen molar-refractivity contribution >= 4 is 26.6 Å². The van der Waals surface area contributed by atoms with Crippen molar-refractivity contribution in [2.24, 2.45) is 0 Å². The second kappa shape index (κ2) is 7.05. The Morgan fingerprint density at radius 1 is 0.857 bits per heavy atom. The molecule has 0 spiro atoms. The standard InChI is InChI=1S/C22H19N3O2S/c1-15-10-12-23-14-20(15)19-9-8-18(13-16(19)2)25-28(26,27)21-7-3-5-17-6-4-11-24-22(17)21/h3-14,25H,1-2H3. The molecule has 0 amide bonds. The lowest BCUT2D eigenvalue weighted by atomic mass is 9.98. The van der Waals surface area contributed by atoms with Crippen LogP contribution in [0.5, 0.6) is 0 Å². The molecule has 2 aromatic carbocycles. The van der Waals surface area contributed by atoms with Gasteiger partial charge in [-0.05, 0) is 60.9 Å². The molecule has 0 aliphatic heterocycles. The number of hydrogen-bond acceptors (Lipinski definition) is 4. The lowest BCUT2D eigenvalue weighted by Crippen LogP contribution is -2.14. The molecule has 0 radical (unpaired) electrons. The fourth-order valence-electron chi connectivity index (χ4n) is 3.28. The summed E-state index contributed by atoms with van der Waals surface area (Å²) in [6.07, 6.45) is 5.18. The highest BCUT2D eigenvalue weighted by Gasteiger charge is 2.18. The minimum atomic E-state index is -3.77. The minimum Gasteiger partial charge on any atom is -0.280 e. The highest BCUT2D eigenvalue weighted by Crippen LogP contribution is 2.29. The fourth-order valence-corrected chi connectivity index (χ4v) is 4.51. The van der Waals surface area contributed by atoms with Crippen molar-refractivity contribution in [1.29, 1.82) is 0 Å². The zero-order valence-electron chi connectivity index (χ0n) is 15.5. The van der Waals surface area contributed by atoms with Gasteiger partial charge in [-0.15, -0.1) is 0 Å². The van der Waals surface area contributed by atoms with Gasteiger partial charge in [0.05, 0.1) is 5.52 Å². The van der Waals surface area contributed by atoms with Crippen LogP contribution in [0.15, 0.2) is 78.1 Å². The van der Waals surface area contributed by atoms with Crippen molar-refractivity contribution in [2.45, 2.75) is 18.7 Å². The maximum atomic E-state index is 13.0. The van der Waals surface area contributed by atoms with Crippen LogP contribution >= 0.6 is 0 Å². The number of aromatic nitrogens is 2. The summed E-state index contributed by atoms with van der Waals surface area (Å²) in [7, 11) is -3.77. The third-order valence-corrected chi connectivity index (χ3v) is 6.11. The molecular weight excluding hydrogens is 370 g/mol. The first-order chi connectivity index (χ1) is 13.5. The van der Waals surface area contributed by atoms with Crippen LogP contribution in [-0.4, -0.2) is 18.4 Å². The molecule has 0 saturated carbocycles. The van der Waals surface area contributed by atoms with Crippen LogP contribution < -0.4 is 4.72 Å². The highest BCUT2D eigenvalue weighted by molar-refractivity contribution is 7.93. The van der Waals surface area contributed by atoms with E-state index in [0.717, 1.165) is 27.6 Å². The number of aryl methyl sites for hydroxylation is 2. The molecule has 28 heavy (non-hydrogen) atoms. The van der Waals surface area contributed by atoms with Gasteiger partial charge in [0, 0.05) is 35.2 Å². The van der Waals surface area contributed by atoms with Crippen molar-refractivity contribution in [3.05, 3.63) is 84.3 Å². The molecule has 140 valence electrons. The second-order valence-electron chi connectivity index (χ2n) is 6.66. The third-order valence-electron chi connectivity index (χ3n) is 4.69. The number of hydrogen-bond donors (Lipinski definition) is 1. The summed E-state index contributed by atoms with van der Waals surface area (Å²) in [4.78, 5) is 8.60. The van der Waals surface area contributed by atoms with Crippen LogP contribution in [-0.2, 0) is 10.0 Å². The van der Waals surface area contributed by atoms with Crippen LogP contribution in [0.2, 0.25) is 0 Å². The molecule has 2 aromatic heterocycles. The van der Waals surface area contributed by atoms with Crippen LogP contribution in [0.3, 0.4) is 0 Å². The van der Waals surface area contributed by atoms with E-state index in [1.807, 2.05) is 50.4 Å². The Hall–Kier alpha value is -3.25. The Labute approximate surface area is 164 Å². The van der Waals surface area contributed by atoms with Gasteiger partial charge in [0.25, 0.3) is 10.0 Å². The van der Waals surface area contributed by atoms with Gasteiger partial charge in [-0.25, -0.2) is 8.42 Å². The Morgan fingerprint density at radius 3 is 2.46 bits per heavy atom. The summed E-state index contributed by atoms with van der Waals surface area (Å²) in [6.45, 7) is 3.99. The molecule has 0 aliphatic rings. The number of sulfonamides is 1. The molecular formula is C22H19N3O2S. The number of para-hydroxylation sites is 1. The van der Waals surface area contributed by atoms with Crippen LogP contribution in [0.4, 0.5) is 5.69 Å². The number of nitrogens with one attached hydrogen (secondary N) is 1. The Bertz CT molecular complexity index is 1280. The molecule has 0 saturated heterocycles. The van der Waals surface area contributed by atoms with Gasteiger partial charge < -0.3 is 0 Å². The zero-order chi connectivity index (χ0) is 19.7. The molecule has 4 rings (SSSR count). The first-order valence-electron chi connectivity index (χ1n) is 8.84. The zero-order valence-corrected chi connectivity index (χ0v) is 16.4. The van der Waals surface area contributed by atoms with Gasteiger partial charge in [0.15, 0.2) is 0 Å². The number of nitrogens with zero attached hydrogens (tertiary/aromatic N) is 2. The lowest BCUT2D eigenvalue weighted by molar-refractivity contribution is 0.602. The molecule has 1 N–H and O–H groups in total. The third kappa shape index (κ3) is 3.34. The van der Waals surface area contributed by atoms with Crippen molar-refractivity contribution in [3.63, 3.8) is 0 Å². The van der Waals surface area contributed by atoms with Crippen molar-refractivity contribution in [3.8, 4) is 11.1 Å². The van der Waals surface area contributed by atoms with Crippen LogP contribution in [0.1, 0.15) is 11.1 Å². The Kier molecular flexibility index (Phi) is 4.57. The Morgan fingerprint density at radius 2 is 1.68 bits per heavy atom. The SMILES string of the molecule is Cc1cc(NS(=O)(=O)c2cccc3cccnc23)ccc1-c1cnccc1C. The quantitative estimate of drug-likeness (QED) is 0.548. The highest BCUT2D eigenvalue weighted by atomic mass is 32.2. The van der Waals surface area contributed by atoms with E-state index < -0.39 is 10.0 Å². The van der Waals surface area contributed by atoms with Crippen molar-refractivity contribution in [2.75, 3.05) is 4.72 Å². The van der Waals surface area contributed by atoms with E-state index in [4.69, 9.17) is 0 Å². The van der Waals surface area contributed by atoms with Crippen molar-refractivity contribution in [1.82, 2.24) is 9.97 Å². The van der Waals surface area contributed by atoms with E-state index >= 15 is 0 Å². The van der Waals surface area contributed by atoms with Crippen LogP contribution in [0.25, 0.3) is 22.0 Å². The van der Waals surface area contributed by atoms with Gasteiger partial charge in [0.2, 0.25) is 0 Å². The lowest BCUT2D eigenvalue weighted by Gasteiger charge is -2.13. The first kappa shape index (κ1) is 18.1. The van der Waals surface area contributed by atoms with E-state index in [0.29, 0.717) is 11.2 Å². The molecule has 0 unspecified atom stereocenters. The molecule has 0 bridgehead atoms. The summed E-state index contributed by atoms with van der Waals surface area (Å²) in [6, 6.07) is 16.2. The average Bonchev–Trinajstić information content (AvgIpc) is 2.68. The number of rotatable bonds is 4. The minimum absolute atomic E-state index is 0.162. The number of pyridine rings is 2. The molecule has 4 aromatic rings. The largest absolute Gasteiger partial charge is 0.280 e. The number of fused-ring (bicyclic) bond motifs is 1. The smallest absolute Gasteiger partial charge is 0.264 e. The molecule has 0 fully saturated rings. The van der Waals surface area contributed by atoms with E-state index in [2.05, 4.69) is 14.7 Å². The summed E-state index contributed by atoms with van der Waals surface area (Å²) in [5.74, 6) is 0. The molecule has 6 heteroatoms. The molecule has 0 aliphatic carbocycles. The van der Waals surface area contributed by atoms with Gasteiger partial charge >= 0.3 is 0 Å². The van der Waals surface area contributed by atoms with E-state index in [-0.39, 0.29) is 4.90 Å².